The summed E-state index contributed by atoms with van der Waals surface area (Å²) in [5, 5.41) is 15.3. The van der Waals surface area contributed by atoms with Gasteiger partial charge in [-0.1, -0.05) is 60.3 Å². The second-order valence-electron chi connectivity index (χ2n) is 7.32. The molecule has 0 aliphatic heterocycles. The third kappa shape index (κ3) is 5.70. The van der Waals surface area contributed by atoms with Crippen molar-refractivity contribution in [3.05, 3.63) is 76.9 Å². The smallest absolute Gasteiger partial charge is 0.251 e. The van der Waals surface area contributed by atoms with Gasteiger partial charge in [-0.3, -0.25) is 9.59 Å². The molecule has 2 aromatic carbocycles. The molecule has 0 bridgehead atoms. The predicted molar refractivity (Wildman–Crippen MR) is 135 cm³/mol. The minimum absolute atomic E-state index is 0.164. The fourth-order valence-electron chi connectivity index (χ4n) is 3.32. The van der Waals surface area contributed by atoms with Crippen LogP contribution in [0.4, 0.5) is 5.13 Å². The standard InChI is InChI=1S/C24H24N6O2S2/c1-3-30-19(14-25-22(32)18-12-8-5-9-13-18)28-29-24(30)33-15-20(31)26-23-27-21(16(2)34-23)17-10-6-4-7-11-17/h4-13H,3,14-15H2,1-2H3,(H,25,32)(H,26,27,31). The van der Waals surface area contributed by atoms with E-state index in [0.29, 0.717) is 28.2 Å². The van der Waals surface area contributed by atoms with Crippen molar-refractivity contribution in [3.63, 3.8) is 0 Å². The first-order valence-electron chi connectivity index (χ1n) is 10.8. The largest absolute Gasteiger partial charge is 0.345 e. The Morgan fingerprint density at radius 2 is 1.74 bits per heavy atom. The van der Waals surface area contributed by atoms with Crippen LogP contribution in [-0.4, -0.2) is 37.3 Å². The molecule has 34 heavy (non-hydrogen) atoms. The number of amides is 2. The second-order valence-corrected chi connectivity index (χ2v) is 9.46. The van der Waals surface area contributed by atoms with Crippen LogP contribution in [0.2, 0.25) is 0 Å². The van der Waals surface area contributed by atoms with E-state index in [1.54, 1.807) is 12.1 Å². The molecule has 0 saturated carbocycles. The Labute approximate surface area is 205 Å². The third-order valence-corrected chi connectivity index (χ3v) is 6.83. The quantitative estimate of drug-likeness (QED) is 0.336. The number of carbonyl (C=O) groups excluding carboxylic acids is 2. The Morgan fingerprint density at radius 1 is 1.03 bits per heavy atom. The van der Waals surface area contributed by atoms with Crippen molar-refractivity contribution in [2.45, 2.75) is 32.1 Å². The van der Waals surface area contributed by atoms with Crippen molar-refractivity contribution in [1.82, 2.24) is 25.1 Å². The van der Waals surface area contributed by atoms with Gasteiger partial charge in [-0.25, -0.2) is 4.98 Å². The van der Waals surface area contributed by atoms with Gasteiger partial charge >= 0.3 is 0 Å². The van der Waals surface area contributed by atoms with Crippen molar-refractivity contribution in [1.29, 1.82) is 0 Å². The van der Waals surface area contributed by atoms with Gasteiger partial charge in [-0.05, 0) is 26.0 Å². The highest BCUT2D eigenvalue weighted by atomic mass is 32.2. The molecule has 10 heteroatoms. The Kier molecular flexibility index (Phi) is 7.71. The van der Waals surface area contributed by atoms with E-state index in [2.05, 4.69) is 25.8 Å². The summed E-state index contributed by atoms with van der Waals surface area (Å²) in [6.45, 7) is 4.84. The maximum atomic E-state index is 12.5. The average molecular weight is 493 g/mol. The number of nitrogens with one attached hydrogen (secondary N) is 2. The zero-order chi connectivity index (χ0) is 23.9. The van der Waals surface area contributed by atoms with Gasteiger partial charge in [0.1, 0.15) is 0 Å². The normalized spacial score (nSPS) is 10.8. The van der Waals surface area contributed by atoms with Gasteiger partial charge in [0.2, 0.25) is 5.91 Å². The van der Waals surface area contributed by atoms with Gasteiger partial charge in [-0.15, -0.1) is 21.5 Å². The summed E-state index contributed by atoms with van der Waals surface area (Å²) < 4.78 is 1.89. The van der Waals surface area contributed by atoms with E-state index in [9.17, 15) is 9.59 Å². The molecule has 2 N–H and O–H groups in total. The molecule has 0 atom stereocenters. The zero-order valence-corrected chi connectivity index (χ0v) is 20.4. The molecule has 8 nitrogen and oxygen atoms in total. The second kappa shape index (κ2) is 11.1. The van der Waals surface area contributed by atoms with Crippen LogP contribution in [-0.2, 0) is 17.9 Å². The predicted octanol–water partition coefficient (Wildman–Crippen LogP) is 4.39. The molecular weight excluding hydrogens is 468 g/mol. The number of thioether (sulfide) groups is 1. The number of aryl methyl sites for hydroxylation is 1. The summed E-state index contributed by atoms with van der Waals surface area (Å²) in [4.78, 5) is 30.5. The number of nitrogens with zero attached hydrogens (tertiary/aromatic N) is 4. The molecule has 174 valence electrons. The van der Waals surface area contributed by atoms with Crippen LogP contribution < -0.4 is 10.6 Å². The van der Waals surface area contributed by atoms with Gasteiger partial charge in [0.25, 0.3) is 5.91 Å². The number of anilines is 1. The van der Waals surface area contributed by atoms with E-state index in [0.717, 1.165) is 16.1 Å². The first-order chi connectivity index (χ1) is 16.5. The SMILES string of the molecule is CCn1c(CNC(=O)c2ccccc2)nnc1SCC(=O)Nc1nc(-c2ccccc2)c(C)s1. The zero-order valence-electron chi connectivity index (χ0n) is 18.8. The molecule has 0 aliphatic rings. The van der Waals surface area contributed by atoms with Crippen LogP contribution >= 0.6 is 23.1 Å². The fourth-order valence-corrected chi connectivity index (χ4v) is 5.00. The molecule has 4 aromatic rings. The number of hydrogen-bond donors (Lipinski definition) is 2. The highest BCUT2D eigenvalue weighted by molar-refractivity contribution is 7.99. The van der Waals surface area contributed by atoms with Crippen molar-refractivity contribution in [2.24, 2.45) is 0 Å². The van der Waals surface area contributed by atoms with Crippen LogP contribution in [0.5, 0.6) is 0 Å². The van der Waals surface area contributed by atoms with E-state index in [1.807, 2.05) is 66.9 Å². The maximum absolute atomic E-state index is 12.5. The van der Waals surface area contributed by atoms with Crippen molar-refractivity contribution < 1.29 is 9.59 Å². The Balaban J connectivity index is 1.33. The van der Waals surface area contributed by atoms with Crippen molar-refractivity contribution >= 4 is 40.0 Å². The fraction of sp³-hybridized carbons (Fsp3) is 0.208. The van der Waals surface area contributed by atoms with E-state index < -0.39 is 0 Å². The number of rotatable bonds is 9. The lowest BCUT2D eigenvalue weighted by atomic mass is 10.1. The van der Waals surface area contributed by atoms with Gasteiger partial charge in [-0.2, -0.15) is 0 Å². The minimum atomic E-state index is -0.173. The summed E-state index contributed by atoms with van der Waals surface area (Å²) in [5.74, 6) is 0.475. The van der Waals surface area contributed by atoms with Crippen molar-refractivity contribution in [3.8, 4) is 11.3 Å². The van der Waals surface area contributed by atoms with E-state index in [1.165, 1.54) is 23.1 Å². The molecule has 2 heterocycles. The molecule has 4 rings (SSSR count). The summed E-state index contributed by atoms with van der Waals surface area (Å²) >= 11 is 2.75. The molecule has 2 aromatic heterocycles. The molecule has 0 radical (unpaired) electrons. The van der Waals surface area contributed by atoms with Crippen LogP contribution in [0.3, 0.4) is 0 Å². The Bertz CT molecular complexity index is 1270. The lowest BCUT2D eigenvalue weighted by Crippen LogP contribution is -2.24. The van der Waals surface area contributed by atoms with Crippen LogP contribution in [0.1, 0.15) is 28.0 Å². The molecule has 0 fully saturated rings. The first-order valence-corrected chi connectivity index (χ1v) is 12.6. The van der Waals surface area contributed by atoms with Crippen LogP contribution in [0.15, 0.2) is 65.8 Å². The average Bonchev–Trinajstić information content (AvgIpc) is 3.44. The molecular formula is C24H24N6O2S2. The molecule has 0 aliphatic carbocycles. The topological polar surface area (TPSA) is 102 Å². The molecule has 2 amide bonds. The van der Waals surface area contributed by atoms with Crippen LogP contribution in [0.25, 0.3) is 11.3 Å². The lowest BCUT2D eigenvalue weighted by molar-refractivity contribution is -0.113. The minimum Gasteiger partial charge on any atom is -0.345 e. The van der Waals surface area contributed by atoms with E-state index in [4.69, 9.17) is 0 Å². The highest BCUT2D eigenvalue weighted by Crippen LogP contribution is 2.30. The lowest BCUT2D eigenvalue weighted by Gasteiger charge is -2.08. The number of carbonyl (C=O) groups is 2. The van der Waals surface area contributed by atoms with Gasteiger partial charge in [0.15, 0.2) is 16.1 Å². The monoisotopic (exact) mass is 492 g/mol. The maximum Gasteiger partial charge on any atom is 0.251 e. The van der Waals surface area contributed by atoms with E-state index >= 15 is 0 Å². The number of hydrogen-bond acceptors (Lipinski definition) is 7. The summed E-state index contributed by atoms with van der Waals surface area (Å²) in [6.07, 6.45) is 0. The molecule has 0 spiro atoms. The number of thiazole rings is 1. The Hall–Kier alpha value is -3.50. The molecule has 0 unspecified atom stereocenters. The van der Waals surface area contributed by atoms with E-state index in [-0.39, 0.29) is 24.1 Å². The molecule has 0 saturated heterocycles. The summed E-state index contributed by atoms with van der Waals surface area (Å²) in [5.41, 5.74) is 2.49. The number of benzene rings is 2. The van der Waals surface area contributed by atoms with Gasteiger partial charge in [0, 0.05) is 22.5 Å². The summed E-state index contributed by atoms with van der Waals surface area (Å²) in [7, 11) is 0. The highest BCUT2D eigenvalue weighted by Gasteiger charge is 2.16. The summed E-state index contributed by atoms with van der Waals surface area (Å²) in [6, 6.07) is 18.9. The van der Waals surface area contributed by atoms with Gasteiger partial charge in [0.05, 0.1) is 18.0 Å². The number of aromatic nitrogens is 4. The Morgan fingerprint density at radius 3 is 2.44 bits per heavy atom. The first kappa shape index (κ1) is 23.7. The third-order valence-electron chi connectivity index (χ3n) is 4.98. The van der Waals surface area contributed by atoms with Crippen LogP contribution in [0, 0.1) is 6.92 Å². The van der Waals surface area contributed by atoms with Gasteiger partial charge < -0.3 is 15.2 Å². The van der Waals surface area contributed by atoms with Crippen molar-refractivity contribution in [2.75, 3.05) is 11.1 Å².